The van der Waals surface area contributed by atoms with E-state index >= 15 is 9.59 Å². The van der Waals surface area contributed by atoms with Crippen molar-refractivity contribution < 1.29 is 29.0 Å². The van der Waals surface area contributed by atoms with Crippen LogP contribution in [0.15, 0.2) is 146 Å². The maximum atomic E-state index is 15.5. The topological polar surface area (TPSA) is 104 Å². The van der Waals surface area contributed by atoms with E-state index in [-0.39, 0.29) is 37.0 Å². The van der Waals surface area contributed by atoms with Crippen LogP contribution in [0.25, 0.3) is 6.08 Å². The molecule has 8 nitrogen and oxygen atoms in total. The van der Waals surface area contributed by atoms with Crippen molar-refractivity contribution >= 4 is 52.7 Å². The van der Waals surface area contributed by atoms with Crippen molar-refractivity contribution in [3.05, 3.63) is 173 Å². The molecule has 0 radical (unpaired) electrons. The van der Waals surface area contributed by atoms with E-state index in [0.29, 0.717) is 33.3 Å². The first-order chi connectivity index (χ1) is 27.2. The number of nitrogens with zero attached hydrogens (tertiary/aromatic N) is 2. The Labute approximate surface area is 329 Å². The highest BCUT2D eigenvalue weighted by Crippen LogP contribution is 2.65. The van der Waals surface area contributed by atoms with Crippen LogP contribution in [-0.2, 0) is 31.2 Å². The average Bonchev–Trinajstić information content (AvgIpc) is 3.61. The summed E-state index contributed by atoms with van der Waals surface area (Å²) in [6.07, 6.45) is 4.07. The monoisotopic (exact) mass is 760 g/mol. The zero-order valence-corrected chi connectivity index (χ0v) is 31.0. The van der Waals surface area contributed by atoms with Crippen molar-refractivity contribution in [2.45, 2.75) is 30.8 Å². The largest absolute Gasteiger partial charge is 0.508 e. The van der Waals surface area contributed by atoms with Crippen molar-refractivity contribution in [1.82, 2.24) is 0 Å². The van der Waals surface area contributed by atoms with Crippen LogP contribution in [-0.4, -0.2) is 28.7 Å². The molecule has 1 N–H and O–H groups in total. The Morgan fingerprint density at radius 3 is 2.20 bits per heavy atom. The van der Waals surface area contributed by atoms with E-state index in [9.17, 15) is 14.7 Å². The molecule has 2 aliphatic heterocycles. The van der Waals surface area contributed by atoms with Gasteiger partial charge in [0.05, 0.1) is 34.5 Å². The van der Waals surface area contributed by atoms with Gasteiger partial charge in [0.15, 0.2) is 0 Å². The molecule has 56 heavy (non-hydrogen) atoms. The maximum absolute atomic E-state index is 15.5. The van der Waals surface area contributed by atoms with Gasteiger partial charge in [-0.2, -0.15) is 0 Å². The number of carbonyl (C=O) groups excluding carboxylic acids is 4. The summed E-state index contributed by atoms with van der Waals surface area (Å²) >= 11 is 6.44. The van der Waals surface area contributed by atoms with Crippen LogP contribution in [0.2, 0.25) is 5.02 Å². The van der Waals surface area contributed by atoms with Gasteiger partial charge in [-0.15, -0.1) is 0 Å². The Kier molecular flexibility index (Phi) is 8.74. The van der Waals surface area contributed by atoms with Gasteiger partial charge in [0, 0.05) is 22.6 Å². The number of hydrogen-bond acceptors (Lipinski definition) is 6. The number of hydrogen-bond donors (Lipinski definition) is 1. The quantitative estimate of drug-likeness (QED) is 0.126. The lowest BCUT2D eigenvalue weighted by Gasteiger charge is -2.50. The summed E-state index contributed by atoms with van der Waals surface area (Å²) in [6.45, 7) is 4.09. The Balaban J connectivity index is 1.21. The zero-order chi connectivity index (χ0) is 38.7. The lowest BCUT2D eigenvalue weighted by atomic mass is 9.49. The van der Waals surface area contributed by atoms with Gasteiger partial charge >= 0.3 is 0 Å². The first kappa shape index (κ1) is 35.5. The molecule has 5 aromatic carbocycles. The zero-order valence-electron chi connectivity index (χ0n) is 30.3. The molecule has 4 aliphatic rings. The van der Waals surface area contributed by atoms with E-state index in [1.54, 1.807) is 54.6 Å². The van der Waals surface area contributed by atoms with Crippen molar-refractivity contribution in [1.29, 1.82) is 0 Å². The first-order valence-electron chi connectivity index (χ1n) is 18.7. The van der Waals surface area contributed by atoms with Crippen molar-refractivity contribution in [2.75, 3.05) is 9.80 Å². The smallest absolute Gasteiger partial charge is 0.246 e. The summed E-state index contributed by atoms with van der Waals surface area (Å²) in [7, 11) is 0. The van der Waals surface area contributed by atoms with E-state index in [4.69, 9.17) is 16.3 Å². The van der Waals surface area contributed by atoms with Crippen LogP contribution in [0, 0.1) is 23.7 Å². The van der Waals surface area contributed by atoms with E-state index in [1.165, 1.54) is 15.9 Å². The highest BCUT2D eigenvalue weighted by molar-refractivity contribution is 6.32. The summed E-state index contributed by atoms with van der Waals surface area (Å²) < 4.78 is 6.08. The van der Waals surface area contributed by atoms with E-state index in [1.807, 2.05) is 78.9 Å². The number of allylic oxidation sites excluding steroid dienone is 2. The van der Waals surface area contributed by atoms with Gasteiger partial charge in [-0.3, -0.25) is 24.1 Å². The molecule has 0 spiro atoms. The number of imide groups is 2. The van der Waals surface area contributed by atoms with Crippen LogP contribution in [0.5, 0.6) is 11.5 Å². The number of ether oxygens (including phenoxy) is 1. The second-order valence-corrected chi connectivity index (χ2v) is 15.3. The first-order valence-corrected chi connectivity index (χ1v) is 19.1. The fourth-order valence-electron chi connectivity index (χ4n) is 9.70. The third kappa shape index (κ3) is 5.42. The number of aromatic hydroxyl groups is 1. The van der Waals surface area contributed by atoms with Gasteiger partial charge in [-0.25, -0.2) is 4.90 Å². The number of phenolic OH excluding ortho intramolecular Hbond substituents is 1. The molecule has 0 aromatic heterocycles. The molecule has 5 aromatic rings. The molecule has 278 valence electrons. The SMILES string of the molecule is C=Cc1ccc(N2C(=O)[C@H]3[C@H](CC=C4[C@H]3C[C@H]3C(=O)N(c5cccc(Cl)c5)C(=O)[C@@]3(c3ccccc3)[C@H]4c3ccc(OCc4ccccc4)cc3O)C2=O)cc1. The number of fused-ring (bicyclic) bond motifs is 4. The lowest BCUT2D eigenvalue weighted by Crippen LogP contribution is -2.53. The molecule has 4 amide bonds. The summed E-state index contributed by atoms with van der Waals surface area (Å²) in [5.74, 6) is -5.07. The van der Waals surface area contributed by atoms with E-state index < -0.39 is 46.8 Å². The number of benzene rings is 5. The Hall–Kier alpha value is -6.25. The number of phenols is 1. The minimum absolute atomic E-state index is 0.113. The molecular weight excluding hydrogens is 724 g/mol. The molecule has 0 bridgehead atoms. The predicted molar refractivity (Wildman–Crippen MR) is 214 cm³/mol. The Morgan fingerprint density at radius 2 is 1.50 bits per heavy atom. The molecule has 9 heteroatoms. The number of halogens is 1. The molecule has 2 heterocycles. The van der Waals surface area contributed by atoms with Gasteiger partial charge in [0.2, 0.25) is 23.6 Å². The molecule has 3 fully saturated rings. The minimum atomic E-state index is -1.52. The van der Waals surface area contributed by atoms with Crippen molar-refractivity contribution in [3.63, 3.8) is 0 Å². The minimum Gasteiger partial charge on any atom is -0.508 e. The van der Waals surface area contributed by atoms with Crippen molar-refractivity contribution in [2.24, 2.45) is 23.7 Å². The van der Waals surface area contributed by atoms with Gasteiger partial charge < -0.3 is 9.84 Å². The Morgan fingerprint density at radius 1 is 0.768 bits per heavy atom. The Bertz CT molecular complexity index is 2450. The molecule has 6 atom stereocenters. The van der Waals surface area contributed by atoms with Gasteiger partial charge in [-0.05, 0) is 71.8 Å². The highest BCUT2D eigenvalue weighted by Gasteiger charge is 2.70. The predicted octanol–water partition coefficient (Wildman–Crippen LogP) is 8.63. The third-order valence-electron chi connectivity index (χ3n) is 12.1. The second kappa shape index (κ2) is 13.8. The summed E-state index contributed by atoms with van der Waals surface area (Å²) in [5, 5.41) is 12.4. The third-order valence-corrected chi connectivity index (χ3v) is 12.4. The summed E-state index contributed by atoms with van der Waals surface area (Å²) in [6, 6.07) is 37.7. The second-order valence-electron chi connectivity index (χ2n) is 14.9. The van der Waals surface area contributed by atoms with Gasteiger partial charge in [-0.1, -0.05) is 121 Å². The van der Waals surface area contributed by atoms with Gasteiger partial charge in [0.25, 0.3) is 0 Å². The molecule has 2 aliphatic carbocycles. The fourth-order valence-corrected chi connectivity index (χ4v) is 9.89. The molecule has 2 saturated heterocycles. The number of carbonyl (C=O) groups is 4. The van der Waals surface area contributed by atoms with Crippen LogP contribution in [0.1, 0.15) is 41.0 Å². The van der Waals surface area contributed by atoms with Crippen LogP contribution >= 0.6 is 11.6 Å². The van der Waals surface area contributed by atoms with E-state index in [2.05, 4.69) is 6.58 Å². The van der Waals surface area contributed by atoms with Gasteiger partial charge in [0.1, 0.15) is 18.1 Å². The number of anilines is 2. The number of rotatable bonds is 8. The standard InChI is InChI=1S/C47H37ClN2O6/c1-2-28-16-18-32(19-17-28)49-43(52)37-23-22-35-38(41(37)45(49)54)26-39-44(53)50(33-15-9-14-31(48)24-33)46(55)47(39,30-12-7-4-8-13-30)42(35)36-21-20-34(25-40(36)51)56-27-29-10-5-3-6-11-29/h2-22,24-25,37-39,41-42,51H,1,23,26-27H2/t37-,38+,39-,41-,42+,47+/m0/s1. The normalized spacial score (nSPS) is 25.4. The average molecular weight is 761 g/mol. The molecule has 0 unspecified atom stereocenters. The lowest BCUT2D eigenvalue weighted by molar-refractivity contribution is -0.127. The number of amides is 4. The van der Waals surface area contributed by atoms with Crippen LogP contribution < -0.4 is 14.5 Å². The molecule has 1 saturated carbocycles. The highest BCUT2D eigenvalue weighted by atomic mass is 35.5. The molecular formula is C47H37ClN2O6. The van der Waals surface area contributed by atoms with E-state index in [0.717, 1.165) is 16.7 Å². The van der Waals surface area contributed by atoms with Crippen LogP contribution in [0.4, 0.5) is 11.4 Å². The van der Waals surface area contributed by atoms with Crippen molar-refractivity contribution in [3.8, 4) is 11.5 Å². The summed E-state index contributed by atoms with van der Waals surface area (Å²) in [5.41, 5.74) is 2.87. The fraction of sp³-hybridized carbons (Fsp3) is 0.191. The summed E-state index contributed by atoms with van der Waals surface area (Å²) in [4.78, 5) is 61.8. The maximum Gasteiger partial charge on any atom is 0.246 e. The molecule has 9 rings (SSSR count). The van der Waals surface area contributed by atoms with Crippen LogP contribution in [0.3, 0.4) is 0 Å².